The third-order valence-corrected chi connectivity index (χ3v) is 5.05. The molecule has 0 radical (unpaired) electrons. The monoisotopic (exact) mass is 388 g/mol. The zero-order chi connectivity index (χ0) is 20.3. The molecule has 1 aliphatic heterocycles. The van der Waals surface area contributed by atoms with E-state index in [9.17, 15) is 14.7 Å². The summed E-state index contributed by atoms with van der Waals surface area (Å²) >= 11 is 0. The molecule has 29 heavy (non-hydrogen) atoms. The first-order valence-corrected chi connectivity index (χ1v) is 9.35. The molecular weight excluding hydrogens is 368 g/mol. The van der Waals surface area contributed by atoms with Gasteiger partial charge >= 0.3 is 5.97 Å². The first-order valence-electron chi connectivity index (χ1n) is 9.35. The normalized spacial score (nSPS) is 18.1. The minimum atomic E-state index is -1.44. The van der Waals surface area contributed by atoms with Gasteiger partial charge < -0.3 is 15.3 Å². The number of fused-ring (bicyclic) bond motifs is 1. The Bertz CT molecular complexity index is 1090. The van der Waals surface area contributed by atoms with Crippen LogP contribution in [0.3, 0.4) is 0 Å². The van der Waals surface area contributed by atoms with Crippen molar-refractivity contribution in [1.29, 1.82) is 0 Å². The number of carbonyl (C=O) groups excluding carboxylic acids is 1. The van der Waals surface area contributed by atoms with Crippen LogP contribution >= 0.6 is 0 Å². The van der Waals surface area contributed by atoms with Crippen LogP contribution in [0.4, 0.5) is 0 Å². The Morgan fingerprint density at radius 3 is 2.52 bits per heavy atom. The predicted molar refractivity (Wildman–Crippen MR) is 110 cm³/mol. The van der Waals surface area contributed by atoms with Gasteiger partial charge in [-0.05, 0) is 22.4 Å². The van der Waals surface area contributed by atoms with E-state index in [1.807, 2.05) is 66.7 Å². The van der Waals surface area contributed by atoms with Crippen molar-refractivity contribution >= 4 is 28.4 Å². The Morgan fingerprint density at radius 2 is 1.72 bits per heavy atom. The van der Waals surface area contributed by atoms with Crippen LogP contribution in [0, 0.1) is 0 Å². The maximum absolute atomic E-state index is 12.7. The lowest BCUT2D eigenvalue weighted by molar-refractivity contribution is -0.162. The van der Waals surface area contributed by atoms with E-state index in [0.29, 0.717) is 11.3 Å². The van der Waals surface area contributed by atoms with Gasteiger partial charge in [-0.25, -0.2) is 4.79 Å². The number of hydrogen-bond acceptors (Lipinski definition) is 4. The molecule has 0 bridgehead atoms. The number of carbonyl (C=O) groups is 2. The SMILES string of the molecule is O=C(NCC1=NOC(Cc2ccccc2)(C(=O)O)C1)c1cccc2ccccc12. The van der Waals surface area contributed by atoms with Gasteiger partial charge in [-0.3, -0.25) is 4.79 Å². The minimum Gasteiger partial charge on any atom is -0.478 e. The van der Waals surface area contributed by atoms with Crippen molar-refractivity contribution in [3.05, 3.63) is 83.9 Å². The number of carboxylic acid groups (broad SMARTS) is 1. The number of rotatable bonds is 6. The second kappa shape index (κ2) is 7.75. The lowest BCUT2D eigenvalue weighted by Crippen LogP contribution is -2.42. The van der Waals surface area contributed by atoms with Crippen molar-refractivity contribution in [1.82, 2.24) is 5.32 Å². The highest BCUT2D eigenvalue weighted by atomic mass is 16.7. The van der Waals surface area contributed by atoms with E-state index in [0.717, 1.165) is 16.3 Å². The molecule has 0 spiro atoms. The molecule has 6 heteroatoms. The van der Waals surface area contributed by atoms with Gasteiger partial charge in [0.2, 0.25) is 5.60 Å². The smallest absolute Gasteiger partial charge is 0.351 e. The summed E-state index contributed by atoms with van der Waals surface area (Å²) in [6.07, 6.45) is 0.320. The van der Waals surface area contributed by atoms with E-state index < -0.39 is 11.6 Å². The number of benzene rings is 3. The van der Waals surface area contributed by atoms with Gasteiger partial charge in [0, 0.05) is 18.4 Å². The van der Waals surface area contributed by atoms with Crippen molar-refractivity contribution in [3.63, 3.8) is 0 Å². The highest BCUT2D eigenvalue weighted by Gasteiger charge is 2.46. The summed E-state index contributed by atoms with van der Waals surface area (Å²) in [6.45, 7) is 0.131. The molecule has 0 aliphatic carbocycles. The molecule has 0 fully saturated rings. The number of hydrogen-bond donors (Lipinski definition) is 2. The average molecular weight is 388 g/mol. The van der Waals surface area contributed by atoms with Crippen molar-refractivity contribution in [2.75, 3.05) is 6.54 Å². The predicted octanol–water partition coefficient (Wildman–Crippen LogP) is 3.41. The lowest BCUT2D eigenvalue weighted by Gasteiger charge is -2.21. The molecule has 0 aromatic heterocycles. The Hall–Kier alpha value is -3.67. The molecule has 6 nitrogen and oxygen atoms in total. The van der Waals surface area contributed by atoms with E-state index in [-0.39, 0.29) is 25.3 Å². The summed E-state index contributed by atoms with van der Waals surface area (Å²) in [5.41, 5.74) is 0.473. The zero-order valence-corrected chi connectivity index (χ0v) is 15.7. The number of nitrogens with one attached hydrogen (secondary N) is 1. The highest BCUT2D eigenvalue weighted by Crippen LogP contribution is 2.29. The summed E-state index contributed by atoms with van der Waals surface area (Å²) in [6, 6.07) is 22.5. The fraction of sp³-hybridized carbons (Fsp3) is 0.174. The van der Waals surface area contributed by atoms with Crippen LogP contribution in [0.1, 0.15) is 22.3 Å². The summed E-state index contributed by atoms with van der Waals surface area (Å²) in [5, 5.41) is 18.4. The van der Waals surface area contributed by atoms with Crippen LogP contribution < -0.4 is 5.32 Å². The number of carboxylic acids is 1. The van der Waals surface area contributed by atoms with Crippen LogP contribution in [-0.2, 0) is 16.1 Å². The Morgan fingerprint density at radius 1 is 1.00 bits per heavy atom. The maximum atomic E-state index is 12.7. The Kier molecular flexibility index (Phi) is 4.99. The quantitative estimate of drug-likeness (QED) is 0.677. The number of oxime groups is 1. The van der Waals surface area contributed by atoms with E-state index in [2.05, 4.69) is 10.5 Å². The maximum Gasteiger partial charge on any atom is 0.351 e. The highest BCUT2D eigenvalue weighted by molar-refractivity contribution is 6.08. The molecular formula is C23H20N2O4. The molecule has 0 saturated heterocycles. The second-order valence-corrected chi connectivity index (χ2v) is 7.10. The lowest BCUT2D eigenvalue weighted by atomic mass is 9.90. The zero-order valence-electron chi connectivity index (χ0n) is 15.7. The Balaban J connectivity index is 1.44. The van der Waals surface area contributed by atoms with Crippen molar-refractivity contribution in [3.8, 4) is 0 Å². The second-order valence-electron chi connectivity index (χ2n) is 7.10. The molecule has 2 N–H and O–H groups in total. The van der Waals surface area contributed by atoms with Gasteiger partial charge in [0.25, 0.3) is 5.91 Å². The van der Waals surface area contributed by atoms with E-state index in [1.165, 1.54) is 0 Å². The van der Waals surface area contributed by atoms with Crippen molar-refractivity contribution in [2.24, 2.45) is 5.16 Å². The minimum absolute atomic E-state index is 0.118. The summed E-state index contributed by atoms with van der Waals surface area (Å²) in [4.78, 5) is 29.9. The van der Waals surface area contributed by atoms with E-state index in [4.69, 9.17) is 4.84 Å². The third-order valence-electron chi connectivity index (χ3n) is 5.05. The fourth-order valence-corrected chi connectivity index (χ4v) is 3.55. The summed E-state index contributed by atoms with van der Waals surface area (Å²) in [7, 11) is 0. The standard InChI is InChI=1S/C23H20N2O4/c26-21(20-12-6-10-17-9-4-5-11-19(17)20)24-15-18-14-23(22(27)28,29-25-18)13-16-7-2-1-3-8-16/h1-12H,13-15H2,(H,24,26)(H,27,28). The number of nitrogens with zero attached hydrogens (tertiary/aromatic N) is 1. The van der Waals surface area contributed by atoms with Gasteiger partial charge in [-0.2, -0.15) is 0 Å². The van der Waals surface area contributed by atoms with E-state index >= 15 is 0 Å². The number of amides is 1. The molecule has 4 rings (SSSR count). The van der Waals surface area contributed by atoms with Crippen LogP contribution in [0.25, 0.3) is 10.8 Å². The van der Waals surface area contributed by atoms with E-state index in [1.54, 1.807) is 6.07 Å². The van der Waals surface area contributed by atoms with Gasteiger partial charge in [-0.1, -0.05) is 71.9 Å². The fourth-order valence-electron chi connectivity index (χ4n) is 3.55. The van der Waals surface area contributed by atoms with Crippen LogP contribution in [0.2, 0.25) is 0 Å². The summed E-state index contributed by atoms with van der Waals surface area (Å²) in [5.74, 6) is -1.30. The molecule has 1 atom stereocenters. The Labute approximate surface area is 167 Å². The molecule has 3 aromatic carbocycles. The van der Waals surface area contributed by atoms with Gasteiger partial charge in [-0.15, -0.1) is 0 Å². The first-order chi connectivity index (χ1) is 14.1. The largest absolute Gasteiger partial charge is 0.478 e. The molecule has 1 aliphatic rings. The molecule has 146 valence electrons. The van der Waals surface area contributed by atoms with Crippen LogP contribution in [0.15, 0.2) is 78.0 Å². The molecule has 1 heterocycles. The van der Waals surface area contributed by atoms with Crippen LogP contribution in [0.5, 0.6) is 0 Å². The van der Waals surface area contributed by atoms with Gasteiger partial charge in [0.05, 0.1) is 12.3 Å². The van der Waals surface area contributed by atoms with Crippen molar-refractivity contribution < 1.29 is 19.5 Å². The summed E-state index contributed by atoms with van der Waals surface area (Å²) < 4.78 is 0. The van der Waals surface area contributed by atoms with Gasteiger partial charge in [0.15, 0.2) is 0 Å². The number of aliphatic carboxylic acids is 1. The third kappa shape index (κ3) is 3.82. The molecule has 3 aromatic rings. The van der Waals surface area contributed by atoms with Crippen molar-refractivity contribution in [2.45, 2.75) is 18.4 Å². The van der Waals surface area contributed by atoms with Gasteiger partial charge in [0.1, 0.15) is 0 Å². The average Bonchev–Trinajstić information content (AvgIpc) is 3.16. The molecule has 0 saturated carbocycles. The van der Waals surface area contributed by atoms with Crippen LogP contribution in [-0.4, -0.2) is 34.8 Å². The first kappa shape index (κ1) is 18.7. The molecule has 1 amide bonds. The topological polar surface area (TPSA) is 88.0 Å². The molecule has 1 unspecified atom stereocenters.